The lowest BCUT2D eigenvalue weighted by atomic mass is 10.1. The number of carbonyl (C=O) groups is 3. The number of para-hydroxylation sites is 1. The molecule has 3 rings (SSSR count). The summed E-state index contributed by atoms with van der Waals surface area (Å²) < 4.78 is 4.64. The van der Waals surface area contributed by atoms with Gasteiger partial charge in [0.15, 0.2) is 0 Å². The maximum Gasteiger partial charge on any atom is 0.337 e. The molecule has 2 unspecified atom stereocenters. The summed E-state index contributed by atoms with van der Waals surface area (Å²) in [5, 5.41) is 5.72. The number of amides is 2. The van der Waals surface area contributed by atoms with E-state index in [1.54, 1.807) is 24.3 Å². The minimum atomic E-state index is -0.431. The Morgan fingerprint density at radius 2 is 1.59 bits per heavy atom. The second-order valence-electron chi connectivity index (χ2n) is 6.51. The Morgan fingerprint density at radius 1 is 0.963 bits per heavy atom. The maximum absolute atomic E-state index is 12.4. The van der Waals surface area contributed by atoms with E-state index in [1.807, 2.05) is 31.2 Å². The lowest BCUT2D eigenvalue weighted by Crippen LogP contribution is -2.21. The summed E-state index contributed by atoms with van der Waals surface area (Å²) in [5.74, 6) is -1.40. The second-order valence-corrected chi connectivity index (χ2v) is 6.51. The highest BCUT2D eigenvalue weighted by molar-refractivity contribution is 6.03. The molecule has 0 saturated heterocycles. The predicted octanol–water partition coefficient (Wildman–Crippen LogP) is 3.25. The Bertz CT molecular complexity index is 861. The molecule has 2 aromatic rings. The van der Waals surface area contributed by atoms with E-state index in [4.69, 9.17) is 0 Å². The zero-order chi connectivity index (χ0) is 19.4. The van der Waals surface area contributed by atoms with Crippen LogP contribution in [0.25, 0.3) is 0 Å². The van der Waals surface area contributed by atoms with E-state index in [2.05, 4.69) is 15.4 Å². The minimum Gasteiger partial charge on any atom is -0.465 e. The summed E-state index contributed by atoms with van der Waals surface area (Å²) in [5.41, 5.74) is 2.86. The molecule has 0 heterocycles. The van der Waals surface area contributed by atoms with E-state index in [-0.39, 0.29) is 23.7 Å². The number of methoxy groups -OCH3 is 1. The summed E-state index contributed by atoms with van der Waals surface area (Å²) >= 11 is 0. The summed E-state index contributed by atoms with van der Waals surface area (Å²) in [7, 11) is 1.31. The lowest BCUT2D eigenvalue weighted by Gasteiger charge is -2.10. The number of ether oxygens (including phenoxy) is 1. The first-order chi connectivity index (χ1) is 13.0. The van der Waals surface area contributed by atoms with Crippen molar-refractivity contribution >= 4 is 29.2 Å². The predicted molar refractivity (Wildman–Crippen MR) is 102 cm³/mol. The van der Waals surface area contributed by atoms with Gasteiger partial charge in [-0.2, -0.15) is 0 Å². The number of carbonyl (C=O) groups excluding carboxylic acids is 3. The van der Waals surface area contributed by atoms with Gasteiger partial charge < -0.3 is 15.4 Å². The smallest absolute Gasteiger partial charge is 0.337 e. The molecule has 1 saturated carbocycles. The number of anilines is 2. The zero-order valence-corrected chi connectivity index (χ0v) is 15.3. The van der Waals surface area contributed by atoms with E-state index >= 15 is 0 Å². The maximum atomic E-state index is 12.4. The molecular formula is C21H22N2O4. The summed E-state index contributed by atoms with van der Waals surface area (Å²) in [4.78, 5) is 36.2. The van der Waals surface area contributed by atoms with E-state index in [0.29, 0.717) is 17.7 Å². The SMILES string of the molecule is CCc1ccccc1NC(=O)C1CC1C(=O)Nc1ccc(C(=O)OC)cc1. The molecule has 0 radical (unpaired) electrons. The van der Waals surface area contributed by atoms with Gasteiger partial charge in [-0.05, 0) is 48.7 Å². The first-order valence-electron chi connectivity index (χ1n) is 8.91. The van der Waals surface area contributed by atoms with E-state index in [9.17, 15) is 14.4 Å². The molecule has 2 amide bonds. The van der Waals surface area contributed by atoms with Crippen LogP contribution in [0.1, 0.15) is 29.3 Å². The zero-order valence-electron chi connectivity index (χ0n) is 15.3. The highest BCUT2D eigenvalue weighted by atomic mass is 16.5. The average molecular weight is 366 g/mol. The fourth-order valence-electron chi connectivity index (χ4n) is 2.99. The van der Waals surface area contributed by atoms with Crippen LogP contribution in [0.3, 0.4) is 0 Å². The first kappa shape index (κ1) is 18.6. The van der Waals surface area contributed by atoms with Crippen molar-refractivity contribution in [1.82, 2.24) is 0 Å². The van der Waals surface area contributed by atoms with Crippen LogP contribution in [0.2, 0.25) is 0 Å². The van der Waals surface area contributed by atoms with Crippen LogP contribution < -0.4 is 10.6 Å². The molecule has 6 heteroatoms. The third kappa shape index (κ3) is 4.34. The van der Waals surface area contributed by atoms with Gasteiger partial charge in [0.1, 0.15) is 0 Å². The molecule has 0 spiro atoms. The van der Waals surface area contributed by atoms with Gasteiger partial charge in [-0.1, -0.05) is 25.1 Å². The van der Waals surface area contributed by atoms with Crippen LogP contribution >= 0.6 is 0 Å². The lowest BCUT2D eigenvalue weighted by molar-refractivity contribution is -0.122. The number of hydrogen-bond acceptors (Lipinski definition) is 4. The van der Waals surface area contributed by atoms with E-state index < -0.39 is 5.97 Å². The standard InChI is InChI=1S/C21H22N2O4/c1-3-13-6-4-5-7-18(13)23-20(25)17-12-16(17)19(24)22-15-10-8-14(9-11-15)21(26)27-2/h4-11,16-17H,3,12H2,1-2H3,(H,22,24)(H,23,25). The van der Waals surface area contributed by atoms with Crippen LogP contribution in [0.5, 0.6) is 0 Å². The van der Waals surface area contributed by atoms with Crippen LogP contribution in [-0.2, 0) is 20.7 Å². The number of nitrogens with one attached hydrogen (secondary N) is 2. The van der Waals surface area contributed by atoms with Gasteiger partial charge in [-0.15, -0.1) is 0 Å². The molecule has 1 aliphatic carbocycles. The Morgan fingerprint density at radius 3 is 2.22 bits per heavy atom. The number of aryl methyl sites for hydroxylation is 1. The summed E-state index contributed by atoms with van der Waals surface area (Å²) in [6.07, 6.45) is 1.36. The van der Waals surface area contributed by atoms with E-state index in [0.717, 1.165) is 17.7 Å². The van der Waals surface area contributed by atoms with Crippen molar-refractivity contribution in [3.8, 4) is 0 Å². The number of benzene rings is 2. The van der Waals surface area contributed by atoms with Crippen molar-refractivity contribution in [3.63, 3.8) is 0 Å². The minimum absolute atomic E-state index is 0.128. The number of esters is 1. The quantitative estimate of drug-likeness (QED) is 0.769. The van der Waals surface area contributed by atoms with Crippen molar-refractivity contribution in [2.75, 3.05) is 17.7 Å². The molecule has 0 bridgehead atoms. The molecular weight excluding hydrogens is 344 g/mol. The van der Waals surface area contributed by atoms with E-state index in [1.165, 1.54) is 7.11 Å². The molecule has 0 aromatic heterocycles. The largest absolute Gasteiger partial charge is 0.465 e. The highest BCUT2D eigenvalue weighted by Crippen LogP contribution is 2.40. The topological polar surface area (TPSA) is 84.5 Å². The molecule has 27 heavy (non-hydrogen) atoms. The van der Waals surface area contributed by atoms with Crippen molar-refractivity contribution < 1.29 is 19.1 Å². The molecule has 0 aliphatic heterocycles. The van der Waals surface area contributed by atoms with Crippen molar-refractivity contribution in [2.24, 2.45) is 11.8 Å². The Labute approximate surface area is 157 Å². The molecule has 6 nitrogen and oxygen atoms in total. The fraction of sp³-hybridized carbons (Fsp3) is 0.286. The average Bonchev–Trinajstić information content (AvgIpc) is 3.49. The molecule has 1 aliphatic rings. The molecule has 1 fully saturated rings. The van der Waals surface area contributed by atoms with Crippen LogP contribution in [0.15, 0.2) is 48.5 Å². The third-order valence-electron chi connectivity index (χ3n) is 4.69. The number of hydrogen-bond donors (Lipinski definition) is 2. The highest BCUT2D eigenvalue weighted by Gasteiger charge is 2.48. The normalized spacial score (nSPS) is 17.7. The van der Waals surface area contributed by atoms with Gasteiger partial charge in [0.25, 0.3) is 0 Å². The van der Waals surface area contributed by atoms with Crippen LogP contribution in [-0.4, -0.2) is 24.9 Å². The van der Waals surface area contributed by atoms with Crippen molar-refractivity contribution in [2.45, 2.75) is 19.8 Å². The number of rotatable bonds is 6. The Kier molecular flexibility index (Phi) is 5.54. The summed E-state index contributed by atoms with van der Waals surface area (Å²) in [6.45, 7) is 2.03. The molecule has 2 N–H and O–H groups in total. The first-order valence-corrected chi connectivity index (χ1v) is 8.91. The second kappa shape index (κ2) is 8.03. The van der Waals surface area contributed by atoms with Crippen molar-refractivity contribution in [3.05, 3.63) is 59.7 Å². The molecule has 2 atom stereocenters. The van der Waals surface area contributed by atoms with Gasteiger partial charge in [0.2, 0.25) is 11.8 Å². The Balaban J connectivity index is 1.55. The Hall–Kier alpha value is -3.15. The van der Waals surface area contributed by atoms with Gasteiger partial charge in [-0.3, -0.25) is 9.59 Å². The molecule has 2 aromatic carbocycles. The monoisotopic (exact) mass is 366 g/mol. The van der Waals surface area contributed by atoms with Crippen LogP contribution in [0.4, 0.5) is 11.4 Å². The van der Waals surface area contributed by atoms with Crippen LogP contribution in [0, 0.1) is 11.8 Å². The molecule has 140 valence electrons. The summed E-state index contributed by atoms with van der Waals surface area (Å²) in [6, 6.07) is 14.1. The third-order valence-corrected chi connectivity index (χ3v) is 4.69. The van der Waals surface area contributed by atoms with Gasteiger partial charge >= 0.3 is 5.97 Å². The van der Waals surface area contributed by atoms with Gasteiger partial charge in [0.05, 0.1) is 24.5 Å². The van der Waals surface area contributed by atoms with Gasteiger partial charge in [0, 0.05) is 11.4 Å². The van der Waals surface area contributed by atoms with Crippen molar-refractivity contribution in [1.29, 1.82) is 0 Å². The van der Waals surface area contributed by atoms with Gasteiger partial charge in [-0.25, -0.2) is 4.79 Å². The fourth-order valence-corrected chi connectivity index (χ4v) is 2.99.